The average Bonchev–Trinajstić information content (AvgIpc) is 2.37. The summed E-state index contributed by atoms with van der Waals surface area (Å²) >= 11 is 5.77. The standard InChI is InChI=1S/C12H14ClN3O5/c13-7-2-1-3-8(10(7)11(18)19)16-12(20)15-4-5-21-6-9(14)17/h1-3H,4-6H2,(H2,14,17)(H,18,19)(H2,15,16,20). The molecule has 0 atom stereocenters. The molecule has 3 amide bonds. The van der Waals surface area contributed by atoms with Crippen molar-refractivity contribution in [2.45, 2.75) is 0 Å². The largest absolute Gasteiger partial charge is 0.478 e. The van der Waals surface area contributed by atoms with Gasteiger partial charge < -0.3 is 26.2 Å². The number of amides is 3. The van der Waals surface area contributed by atoms with Gasteiger partial charge >= 0.3 is 12.0 Å². The molecule has 114 valence electrons. The summed E-state index contributed by atoms with van der Waals surface area (Å²) in [7, 11) is 0. The van der Waals surface area contributed by atoms with Crippen molar-refractivity contribution in [1.29, 1.82) is 0 Å². The smallest absolute Gasteiger partial charge is 0.339 e. The van der Waals surface area contributed by atoms with Crippen LogP contribution >= 0.6 is 11.6 Å². The van der Waals surface area contributed by atoms with Gasteiger partial charge in [0, 0.05) is 6.54 Å². The lowest BCUT2D eigenvalue weighted by Crippen LogP contribution is -2.32. The number of carboxylic acid groups (broad SMARTS) is 1. The van der Waals surface area contributed by atoms with Crippen molar-refractivity contribution in [2.24, 2.45) is 5.73 Å². The monoisotopic (exact) mass is 315 g/mol. The van der Waals surface area contributed by atoms with Crippen LogP contribution in [0.25, 0.3) is 0 Å². The molecule has 1 aromatic rings. The minimum atomic E-state index is -1.25. The van der Waals surface area contributed by atoms with Gasteiger partial charge in [0.1, 0.15) is 12.2 Å². The van der Waals surface area contributed by atoms with Crippen LogP contribution in [0.5, 0.6) is 0 Å². The molecule has 0 radical (unpaired) electrons. The summed E-state index contributed by atoms with van der Waals surface area (Å²) < 4.78 is 4.84. The van der Waals surface area contributed by atoms with Crippen molar-refractivity contribution >= 4 is 35.2 Å². The van der Waals surface area contributed by atoms with E-state index >= 15 is 0 Å². The first-order valence-corrected chi connectivity index (χ1v) is 6.22. The van der Waals surface area contributed by atoms with Crippen LogP contribution in [-0.4, -0.2) is 42.8 Å². The third-order valence-corrected chi connectivity index (χ3v) is 2.57. The number of carboxylic acids is 1. The summed E-state index contributed by atoms with van der Waals surface area (Å²) in [6, 6.07) is 3.72. The van der Waals surface area contributed by atoms with Crippen LogP contribution in [0.3, 0.4) is 0 Å². The summed E-state index contributed by atoms with van der Waals surface area (Å²) in [6.07, 6.45) is 0. The summed E-state index contributed by atoms with van der Waals surface area (Å²) in [5.41, 5.74) is 4.74. The van der Waals surface area contributed by atoms with Gasteiger partial charge in [-0.25, -0.2) is 9.59 Å². The molecule has 0 aliphatic heterocycles. The van der Waals surface area contributed by atoms with Gasteiger partial charge in [-0.2, -0.15) is 0 Å². The van der Waals surface area contributed by atoms with Crippen molar-refractivity contribution in [3.8, 4) is 0 Å². The van der Waals surface area contributed by atoms with Crippen molar-refractivity contribution in [2.75, 3.05) is 25.1 Å². The van der Waals surface area contributed by atoms with E-state index in [0.717, 1.165) is 0 Å². The van der Waals surface area contributed by atoms with Gasteiger partial charge in [0.15, 0.2) is 0 Å². The highest BCUT2D eigenvalue weighted by Crippen LogP contribution is 2.24. The van der Waals surface area contributed by atoms with E-state index in [9.17, 15) is 14.4 Å². The van der Waals surface area contributed by atoms with Gasteiger partial charge in [-0.1, -0.05) is 17.7 Å². The minimum Gasteiger partial charge on any atom is -0.478 e. The molecule has 0 bridgehead atoms. The van der Waals surface area contributed by atoms with Crippen molar-refractivity contribution in [1.82, 2.24) is 5.32 Å². The molecular formula is C12H14ClN3O5. The number of nitrogens with two attached hydrogens (primary N) is 1. The molecule has 21 heavy (non-hydrogen) atoms. The third kappa shape index (κ3) is 5.67. The molecule has 0 spiro atoms. The number of carbonyl (C=O) groups is 3. The first-order valence-electron chi connectivity index (χ1n) is 5.84. The number of nitrogens with one attached hydrogen (secondary N) is 2. The zero-order valence-corrected chi connectivity index (χ0v) is 11.6. The van der Waals surface area contributed by atoms with Gasteiger partial charge in [-0.15, -0.1) is 0 Å². The van der Waals surface area contributed by atoms with Crippen LogP contribution in [0, 0.1) is 0 Å². The van der Waals surface area contributed by atoms with Crippen LogP contribution in [0.4, 0.5) is 10.5 Å². The van der Waals surface area contributed by atoms with Crippen LogP contribution in [0.1, 0.15) is 10.4 Å². The maximum absolute atomic E-state index is 11.6. The Morgan fingerprint density at radius 1 is 1.33 bits per heavy atom. The van der Waals surface area contributed by atoms with Gasteiger partial charge in [0.25, 0.3) is 0 Å². The fourth-order valence-corrected chi connectivity index (χ4v) is 1.68. The SMILES string of the molecule is NC(=O)COCCNC(=O)Nc1cccc(Cl)c1C(=O)O. The Labute approximate surface area is 125 Å². The predicted molar refractivity (Wildman–Crippen MR) is 75.4 cm³/mol. The van der Waals surface area contributed by atoms with Crippen LogP contribution in [0.2, 0.25) is 5.02 Å². The molecule has 0 unspecified atom stereocenters. The molecule has 0 saturated carbocycles. The molecule has 0 aliphatic rings. The average molecular weight is 316 g/mol. The lowest BCUT2D eigenvalue weighted by atomic mass is 10.2. The lowest BCUT2D eigenvalue weighted by Gasteiger charge is -2.10. The predicted octanol–water partition coefficient (Wildman–Crippen LogP) is 0.662. The quantitative estimate of drug-likeness (QED) is 0.549. The zero-order valence-electron chi connectivity index (χ0n) is 10.9. The highest BCUT2D eigenvalue weighted by Gasteiger charge is 2.15. The maximum Gasteiger partial charge on any atom is 0.339 e. The highest BCUT2D eigenvalue weighted by molar-refractivity contribution is 6.34. The van der Waals surface area contributed by atoms with E-state index in [0.29, 0.717) is 0 Å². The number of hydrogen-bond acceptors (Lipinski definition) is 4. The third-order valence-electron chi connectivity index (χ3n) is 2.25. The Hall–Kier alpha value is -2.32. The zero-order chi connectivity index (χ0) is 15.8. The van der Waals surface area contributed by atoms with Gasteiger partial charge in [-0.05, 0) is 12.1 Å². The molecule has 0 heterocycles. The molecule has 8 nitrogen and oxygen atoms in total. The van der Waals surface area contributed by atoms with Crippen molar-refractivity contribution < 1.29 is 24.2 Å². The number of rotatable bonds is 7. The Balaban J connectivity index is 2.50. The van der Waals surface area contributed by atoms with E-state index in [1.165, 1.54) is 18.2 Å². The molecule has 0 aliphatic carbocycles. The van der Waals surface area contributed by atoms with Crippen LogP contribution in [0.15, 0.2) is 18.2 Å². The maximum atomic E-state index is 11.6. The fourth-order valence-electron chi connectivity index (χ4n) is 1.42. The second-order valence-electron chi connectivity index (χ2n) is 3.87. The van der Waals surface area contributed by atoms with Crippen molar-refractivity contribution in [3.05, 3.63) is 28.8 Å². The molecular weight excluding hydrogens is 302 g/mol. The summed E-state index contributed by atoms with van der Waals surface area (Å²) in [6.45, 7) is -0.0134. The Kier molecular flexibility index (Phi) is 6.44. The number of anilines is 1. The Morgan fingerprint density at radius 2 is 2.05 bits per heavy atom. The molecule has 0 fully saturated rings. The van der Waals surface area contributed by atoms with Gasteiger partial charge in [0.2, 0.25) is 5.91 Å². The second-order valence-corrected chi connectivity index (χ2v) is 4.27. The molecule has 1 rings (SSSR count). The van der Waals surface area contributed by atoms with Crippen LogP contribution < -0.4 is 16.4 Å². The molecule has 0 saturated heterocycles. The van der Waals surface area contributed by atoms with E-state index in [-0.39, 0.29) is 36.0 Å². The molecule has 9 heteroatoms. The lowest BCUT2D eigenvalue weighted by molar-refractivity contribution is -0.122. The number of carbonyl (C=O) groups excluding carboxylic acids is 2. The van der Waals surface area contributed by atoms with Crippen molar-refractivity contribution in [3.63, 3.8) is 0 Å². The Morgan fingerprint density at radius 3 is 2.67 bits per heavy atom. The van der Waals surface area contributed by atoms with E-state index < -0.39 is 17.9 Å². The number of aromatic carboxylic acids is 1. The number of hydrogen-bond donors (Lipinski definition) is 4. The fraction of sp³-hybridized carbons (Fsp3) is 0.250. The number of ether oxygens (including phenoxy) is 1. The van der Waals surface area contributed by atoms with E-state index in [1.54, 1.807) is 0 Å². The summed E-state index contributed by atoms with van der Waals surface area (Å²) in [4.78, 5) is 33.1. The number of urea groups is 1. The van der Waals surface area contributed by atoms with E-state index in [4.69, 9.17) is 27.2 Å². The summed E-state index contributed by atoms with van der Waals surface area (Å²) in [5.74, 6) is -1.86. The topological polar surface area (TPSA) is 131 Å². The first-order chi connectivity index (χ1) is 9.91. The second kappa shape index (κ2) is 8.08. The van der Waals surface area contributed by atoms with Gasteiger partial charge in [-0.3, -0.25) is 4.79 Å². The van der Waals surface area contributed by atoms with E-state index in [1.807, 2.05) is 0 Å². The van der Waals surface area contributed by atoms with Gasteiger partial charge in [0.05, 0.1) is 17.3 Å². The molecule has 1 aromatic carbocycles. The summed E-state index contributed by atoms with van der Waals surface area (Å²) in [5, 5.41) is 13.9. The number of halogens is 1. The minimum absolute atomic E-state index is 0.0186. The van der Waals surface area contributed by atoms with E-state index in [2.05, 4.69) is 10.6 Å². The first kappa shape index (κ1) is 16.7. The number of primary amides is 1. The molecule has 5 N–H and O–H groups in total. The number of benzene rings is 1. The van der Waals surface area contributed by atoms with Crippen LogP contribution in [-0.2, 0) is 9.53 Å². The molecule has 0 aromatic heterocycles. The Bertz CT molecular complexity index is 550. The highest BCUT2D eigenvalue weighted by atomic mass is 35.5. The normalized spacial score (nSPS) is 9.95.